The molecule has 0 aliphatic carbocycles. The van der Waals surface area contributed by atoms with E-state index < -0.39 is 11.4 Å². The van der Waals surface area contributed by atoms with E-state index in [2.05, 4.69) is 10.6 Å². The first kappa shape index (κ1) is 17.1. The van der Waals surface area contributed by atoms with Gasteiger partial charge in [0.15, 0.2) is 0 Å². The lowest BCUT2D eigenvalue weighted by molar-refractivity contribution is -0.148. The van der Waals surface area contributed by atoms with Crippen molar-refractivity contribution in [3.8, 4) is 0 Å². The Labute approximate surface area is 124 Å². The molecule has 1 atom stereocenters. The van der Waals surface area contributed by atoms with Crippen molar-refractivity contribution in [3.05, 3.63) is 0 Å². The van der Waals surface area contributed by atoms with Gasteiger partial charge >= 0.3 is 18.0 Å². The zero-order valence-corrected chi connectivity index (χ0v) is 12.8. The number of carbonyl (C=O) groups excluding carboxylic acids is 2. The molecule has 0 aromatic heterocycles. The molecular formula is C13H24N4O4. The molecule has 0 saturated carbocycles. The van der Waals surface area contributed by atoms with Crippen LogP contribution in [0.2, 0.25) is 0 Å². The second kappa shape index (κ2) is 7.14. The Kier molecular flexibility index (Phi) is 5.80. The van der Waals surface area contributed by atoms with Crippen LogP contribution in [0.3, 0.4) is 0 Å². The van der Waals surface area contributed by atoms with Gasteiger partial charge < -0.3 is 25.5 Å². The highest BCUT2D eigenvalue weighted by Gasteiger charge is 2.44. The Hall–Kier alpha value is -1.99. The Morgan fingerprint density at radius 3 is 2.33 bits per heavy atom. The lowest BCUT2D eigenvalue weighted by Crippen LogP contribution is -2.45. The predicted octanol–water partition coefficient (Wildman–Crippen LogP) is 0.154. The molecule has 0 aromatic rings. The van der Waals surface area contributed by atoms with E-state index in [-0.39, 0.29) is 18.6 Å². The number of rotatable bonds is 5. The number of nitrogens with one attached hydrogen (secondary N) is 2. The van der Waals surface area contributed by atoms with Crippen molar-refractivity contribution in [1.29, 1.82) is 0 Å². The number of carboxylic acids is 1. The molecule has 0 bridgehead atoms. The van der Waals surface area contributed by atoms with Crippen molar-refractivity contribution in [3.63, 3.8) is 0 Å². The van der Waals surface area contributed by atoms with Gasteiger partial charge in [0.1, 0.15) is 0 Å². The summed E-state index contributed by atoms with van der Waals surface area (Å²) >= 11 is 0. The Balaban J connectivity index is 2.34. The average Bonchev–Trinajstić information content (AvgIpc) is 2.88. The summed E-state index contributed by atoms with van der Waals surface area (Å²) in [7, 11) is 3.27. The number of aliphatic carboxylic acids is 1. The number of urea groups is 2. The van der Waals surface area contributed by atoms with Crippen LogP contribution in [0.1, 0.15) is 19.8 Å². The summed E-state index contributed by atoms with van der Waals surface area (Å²) in [5.41, 5.74) is -0.823. The topological polar surface area (TPSA) is 102 Å². The molecule has 1 heterocycles. The monoisotopic (exact) mass is 300 g/mol. The van der Waals surface area contributed by atoms with Gasteiger partial charge in [0.25, 0.3) is 0 Å². The van der Waals surface area contributed by atoms with Gasteiger partial charge in [-0.05, 0) is 12.8 Å². The Morgan fingerprint density at radius 2 is 1.86 bits per heavy atom. The maximum atomic E-state index is 11.9. The van der Waals surface area contributed by atoms with E-state index in [0.29, 0.717) is 32.5 Å². The van der Waals surface area contributed by atoms with Crippen LogP contribution in [-0.2, 0) is 4.79 Å². The van der Waals surface area contributed by atoms with E-state index in [4.69, 9.17) is 0 Å². The minimum absolute atomic E-state index is 0.221. The minimum atomic E-state index is -0.849. The Morgan fingerprint density at radius 1 is 1.24 bits per heavy atom. The molecule has 0 aromatic carbocycles. The molecule has 1 saturated heterocycles. The van der Waals surface area contributed by atoms with Crippen LogP contribution in [-0.4, -0.2) is 73.2 Å². The smallest absolute Gasteiger partial charge is 0.317 e. The normalized spacial score (nSPS) is 21.0. The number of nitrogens with zero attached hydrogens (tertiary/aromatic N) is 2. The molecular weight excluding hydrogens is 276 g/mol. The van der Waals surface area contributed by atoms with Gasteiger partial charge in [-0.1, -0.05) is 6.92 Å². The van der Waals surface area contributed by atoms with Crippen molar-refractivity contribution in [2.45, 2.75) is 19.8 Å². The fraction of sp³-hybridized carbons (Fsp3) is 0.769. The van der Waals surface area contributed by atoms with Crippen LogP contribution in [0, 0.1) is 5.41 Å². The third kappa shape index (κ3) is 4.24. The first-order valence-electron chi connectivity index (χ1n) is 7.03. The molecule has 120 valence electrons. The van der Waals surface area contributed by atoms with Crippen molar-refractivity contribution < 1.29 is 19.5 Å². The highest BCUT2D eigenvalue weighted by atomic mass is 16.4. The van der Waals surface area contributed by atoms with Gasteiger partial charge in [0, 0.05) is 40.3 Å². The molecule has 1 rings (SSSR count). The Bertz CT molecular complexity index is 413. The van der Waals surface area contributed by atoms with Crippen molar-refractivity contribution >= 4 is 18.0 Å². The second-order valence-electron chi connectivity index (χ2n) is 5.47. The summed E-state index contributed by atoms with van der Waals surface area (Å²) in [5.74, 6) is -0.849. The van der Waals surface area contributed by atoms with E-state index in [1.54, 1.807) is 14.1 Å². The fourth-order valence-electron chi connectivity index (χ4n) is 2.27. The molecule has 8 heteroatoms. The zero-order valence-electron chi connectivity index (χ0n) is 12.8. The van der Waals surface area contributed by atoms with Gasteiger partial charge in [0.05, 0.1) is 5.41 Å². The number of hydrogen-bond donors (Lipinski definition) is 3. The van der Waals surface area contributed by atoms with Gasteiger partial charge in [-0.15, -0.1) is 0 Å². The van der Waals surface area contributed by atoms with E-state index in [9.17, 15) is 19.5 Å². The van der Waals surface area contributed by atoms with Crippen LogP contribution in [0.5, 0.6) is 0 Å². The molecule has 0 radical (unpaired) electrons. The summed E-state index contributed by atoms with van der Waals surface area (Å²) in [5, 5.41) is 14.6. The maximum absolute atomic E-state index is 11.9. The highest BCUT2D eigenvalue weighted by molar-refractivity contribution is 5.79. The van der Waals surface area contributed by atoms with Crippen molar-refractivity contribution in [2.24, 2.45) is 5.41 Å². The zero-order chi connectivity index (χ0) is 16.0. The maximum Gasteiger partial charge on any atom is 0.317 e. The van der Waals surface area contributed by atoms with Gasteiger partial charge in [-0.3, -0.25) is 4.79 Å². The lowest BCUT2D eigenvalue weighted by atomic mass is 9.84. The quantitative estimate of drug-likeness (QED) is 0.629. The number of carbonyl (C=O) groups is 3. The number of likely N-dealkylation sites (tertiary alicyclic amines) is 1. The van der Waals surface area contributed by atoms with Gasteiger partial charge in [-0.25, -0.2) is 9.59 Å². The van der Waals surface area contributed by atoms with Crippen LogP contribution >= 0.6 is 0 Å². The summed E-state index contributed by atoms with van der Waals surface area (Å²) in [4.78, 5) is 37.5. The molecule has 21 heavy (non-hydrogen) atoms. The van der Waals surface area contributed by atoms with Crippen molar-refractivity contribution in [1.82, 2.24) is 20.4 Å². The van der Waals surface area contributed by atoms with Crippen LogP contribution in [0.25, 0.3) is 0 Å². The summed E-state index contributed by atoms with van der Waals surface area (Å²) < 4.78 is 0. The fourth-order valence-corrected chi connectivity index (χ4v) is 2.27. The SMILES string of the molecule is CCC1(C(=O)O)CCN(C(=O)NCCNC(=O)N(C)C)C1. The molecule has 1 aliphatic heterocycles. The minimum Gasteiger partial charge on any atom is -0.481 e. The molecule has 4 amide bonds. The van der Waals surface area contributed by atoms with Gasteiger partial charge in [0.2, 0.25) is 0 Å². The van der Waals surface area contributed by atoms with Crippen molar-refractivity contribution in [2.75, 3.05) is 40.3 Å². The van der Waals surface area contributed by atoms with Gasteiger partial charge in [-0.2, -0.15) is 0 Å². The first-order chi connectivity index (χ1) is 9.82. The van der Waals surface area contributed by atoms with Crippen LogP contribution in [0.15, 0.2) is 0 Å². The average molecular weight is 300 g/mol. The highest BCUT2D eigenvalue weighted by Crippen LogP contribution is 2.34. The standard InChI is InChI=1S/C13H24N4O4/c1-4-13(10(18)19)5-8-17(9-13)12(21)15-7-6-14-11(20)16(2)3/h4-9H2,1-3H3,(H,14,20)(H,15,21)(H,18,19). The van der Waals surface area contributed by atoms with E-state index in [1.807, 2.05) is 6.92 Å². The number of amides is 4. The number of carboxylic acid groups (broad SMARTS) is 1. The number of hydrogen-bond acceptors (Lipinski definition) is 3. The van der Waals surface area contributed by atoms with E-state index in [0.717, 1.165) is 0 Å². The molecule has 3 N–H and O–H groups in total. The molecule has 1 unspecified atom stereocenters. The summed E-state index contributed by atoms with van der Waals surface area (Å²) in [6, 6.07) is -0.507. The first-order valence-corrected chi connectivity index (χ1v) is 7.03. The predicted molar refractivity (Wildman–Crippen MR) is 77.0 cm³/mol. The molecule has 0 spiro atoms. The van der Waals surface area contributed by atoms with E-state index in [1.165, 1.54) is 9.80 Å². The van der Waals surface area contributed by atoms with Crippen LogP contribution in [0.4, 0.5) is 9.59 Å². The molecule has 1 aliphatic rings. The largest absolute Gasteiger partial charge is 0.481 e. The molecule has 8 nitrogen and oxygen atoms in total. The second-order valence-corrected chi connectivity index (χ2v) is 5.47. The summed E-state index contributed by atoms with van der Waals surface area (Å²) in [6.45, 7) is 3.13. The van der Waals surface area contributed by atoms with Crippen LogP contribution < -0.4 is 10.6 Å². The third-order valence-corrected chi connectivity index (χ3v) is 3.86. The lowest BCUT2D eigenvalue weighted by Gasteiger charge is -2.23. The third-order valence-electron chi connectivity index (χ3n) is 3.86. The molecule has 1 fully saturated rings. The summed E-state index contributed by atoms with van der Waals surface area (Å²) in [6.07, 6.45) is 0.981. The van der Waals surface area contributed by atoms with E-state index >= 15 is 0 Å².